The van der Waals surface area contributed by atoms with Crippen LogP contribution in [0.2, 0.25) is 0 Å². The third kappa shape index (κ3) is 3.81. The van der Waals surface area contributed by atoms with E-state index in [-0.39, 0.29) is 25.5 Å². The number of hydrogen-bond acceptors (Lipinski definition) is 4. The lowest BCUT2D eigenvalue weighted by Crippen LogP contribution is -2.41. The zero-order chi connectivity index (χ0) is 17.2. The lowest BCUT2D eigenvalue weighted by Gasteiger charge is -2.23. The molecular weight excluding hydrogens is 322 g/mol. The number of carbonyl (C=O) groups is 2. The average Bonchev–Trinajstić information content (AvgIpc) is 2.87. The molecule has 1 aromatic rings. The molecule has 2 heterocycles. The fraction of sp³-hybridized carbons (Fsp3) is 0.500. The summed E-state index contributed by atoms with van der Waals surface area (Å²) in [5.41, 5.74) is 1.38. The molecule has 0 bridgehead atoms. The summed E-state index contributed by atoms with van der Waals surface area (Å²) in [6.07, 6.45) is -0.369. The molecule has 0 N–H and O–H groups in total. The van der Waals surface area contributed by atoms with E-state index in [0.29, 0.717) is 24.4 Å². The normalized spacial score (nSPS) is 20.7. The van der Waals surface area contributed by atoms with Crippen molar-refractivity contribution < 1.29 is 27.8 Å². The average molecular weight is 340 g/mol. The van der Waals surface area contributed by atoms with E-state index in [1.165, 1.54) is 4.90 Å². The van der Waals surface area contributed by atoms with Crippen LogP contribution in [0.3, 0.4) is 0 Å². The quantitative estimate of drug-likeness (QED) is 0.840. The van der Waals surface area contributed by atoms with Gasteiger partial charge in [-0.1, -0.05) is 12.1 Å². The fourth-order valence-electron chi connectivity index (χ4n) is 2.72. The van der Waals surface area contributed by atoms with Crippen molar-refractivity contribution in [3.63, 3.8) is 0 Å². The van der Waals surface area contributed by atoms with E-state index in [2.05, 4.69) is 0 Å². The van der Waals surface area contributed by atoms with E-state index in [4.69, 9.17) is 9.47 Å². The largest absolute Gasteiger partial charge is 0.447 e. The monoisotopic (exact) mass is 340 g/mol. The first-order valence-electron chi connectivity index (χ1n) is 7.71. The minimum absolute atomic E-state index is 0.0286. The molecule has 24 heavy (non-hydrogen) atoms. The Bertz CT molecular complexity index is 621. The number of cyclic esters (lactones) is 1. The number of benzene rings is 1. The van der Waals surface area contributed by atoms with Gasteiger partial charge in [0.2, 0.25) is 5.91 Å². The van der Waals surface area contributed by atoms with Gasteiger partial charge >= 0.3 is 6.09 Å². The molecule has 8 heteroatoms. The first-order valence-corrected chi connectivity index (χ1v) is 7.71. The van der Waals surface area contributed by atoms with E-state index in [1.807, 2.05) is 0 Å². The van der Waals surface area contributed by atoms with Crippen LogP contribution in [0.15, 0.2) is 24.3 Å². The number of halogens is 2. The van der Waals surface area contributed by atoms with Gasteiger partial charge in [-0.3, -0.25) is 9.69 Å². The number of ether oxygens (including phenoxy) is 2. The molecule has 0 unspecified atom stereocenters. The van der Waals surface area contributed by atoms with E-state index in [9.17, 15) is 18.4 Å². The molecule has 2 fully saturated rings. The summed E-state index contributed by atoms with van der Waals surface area (Å²) in [5.74, 6) is -3.39. The van der Waals surface area contributed by atoms with Gasteiger partial charge in [0.1, 0.15) is 13.2 Å². The van der Waals surface area contributed by atoms with Crippen LogP contribution in [0, 0.1) is 0 Å². The molecule has 2 aliphatic rings. The zero-order valence-corrected chi connectivity index (χ0v) is 13.0. The molecule has 1 aromatic carbocycles. The molecule has 0 aromatic heterocycles. The van der Waals surface area contributed by atoms with Gasteiger partial charge in [-0.05, 0) is 17.7 Å². The van der Waals surface area contributed by atoms with Crippen LogP contribution in [0.4, 0.5) is 19.3 Å². The van der Waals surface area contributed by atoms with E-state index >= 15 is 0 Å². The first-order chi connectivity index (χ1) is 11.4. The second-order valence-corrected chi connectivity index (χ2v) is 5.83. The van der Waals surface area contributed by atoms with Crippen LogP contribution in [0.5, 0.6) is 0 Å². The van der Waals surface area contributed by atoms with Crippen LogP contribution in [0.25, 0.3) is 0 Å². The van der Waals surface area contributed by atoms with Crippen molar-refractivity contribution in [2.24, 2.45) is 0 Å². The summed E-state index contributed by atoms with van der Waals surface area (Å²) >= 11 is 0. The van der Waals surface area contributed by atoms with Crippen LogP contribution in [-0.2, 0) is 20.7 Å². The maximum absolute atomic E-state index is 13.5. The molecule has 0 atom stereocenters. The molecule has 0 radical (unpaired) electrons. The summed E-state index contributed by atoms with van der Waals surface area (Å²) in [5, 5.41) is 0. The summed E-state index contributed by atoms with van der Waals surface area (Å²) in [4.78, 5) is 26.4. The Balaban J connectivity index is 1.63. The van der Waals surface area contributed by atoms with Crippen LogP contribution >= 0.6 is 0 Å². The van der Waals surface area contributed by atoms with E-state index < -0.39 is 25.2 Å². The number of carbonyl (C=O) groups excluding carboxylic acids is 2. The minimum atomic E-state index is -3.02. The maximum Gasteiger partial charge on any atom is 0.414 e. The molecule has 6 nitrogen and oxygen atoms in total. The van der Waals surface area contributed by atoms with Crippen LogP contribution in [0.1, 0.15) is 5.56 Å². The predicted octanol–water partition coefficient (Wildman–Crippen LogP) is 1.68. The van der Waals surface area contributed by atoms with E-state index in [0.717, 1.165) is 4.90 Å². The number of anilines is 1. The SMILES string of the molecule is O=C(Cc1ccc(N2CCOC2=O)cc1)N1CCOCC(F)(F)C1. The van der Waals surface area contributed by atoms with Crippen LogP contribution < -0.4 is 4.90 Å². The van der Waals surface area contributed by atoms with Gasteiger partial charge in [0.25, 0.3) is 5.92 Å². The number of rotatable bonds is 3. The summed E-state index contributed by atoms with van der Waals surface area (Å²) < 4.78 is 36.7. The van der Waals surface area contributed by atoms with Gasteiger partial charge < -0.3 is 14.4 Å². The Morgan fingerprint density at radius 3 is 2.58 bits per heavy atom. The van der Waals surface area contributed by atoms with Gasteiger partial charge in [0.15, 0.2) is 0 Å². The smallest absolute Gasteiger partial charge is 0.414 e. The van der Waals surface area contributed by atoms with Crippen LogP contribution in [-0.4, -0.2) is 62.3 Å². The number of alkyl halides is 2. The second kappa shape index (κ2) is 6.72. The highest BCUT2D eigenvalue weighted by Crippen LogP contribution is 2.21. The van der Waals surface area contributed by atoms with Crippen molar-refractivity contribution in [3.05, 3.63) is 29.8 Å². The van der Waals surface area contributed by atoms with Gasteiger partial charge in [0, 0.05) is 12.2 Å². The Labute approximate surface area is 137 Å². The van der Waals surface area contributed by atoms with E-state index in [1.54, 1.807) is 24.3 Å². The number of hydrogen-bond donors (Lipinski definition) is 0. The molecule has 2 saturated heterocycles. The van der Waals surface area contributed by atoms with Gasteiger partial charge in [0.05, 0.1) is 26.1 Å². The summed E-state index contributed by atoms with van der Waals surface area (Å²) in [7, 11) is 0. The molecule has 0 saturated carbocycles. The predicted molar refractivity (Wildman–Crippen MR) is 81.2 cm³/mol. The lowest BCUT2D eigenvalue weighted by molar-refractivity contribution is -0.135. The third-order valence-corrected chi connectivity index (χ3v) is 3.96. The van der Waals surface area contributed by atoms with Crippen molar-refractivity contribution in [1.82, 2.24) is 4.90 Å². The highest BCUT2D eigenvalue weighted by Gasteiger charge is 2.36. The van der Waals surface area contributed by atoms with Crippen molar-refractivity contribution in [3.8, 4) is 0 Å². The third-order valence-electron chi connectivity index (χ3n) is 3.96. The number of nitrogens with zero attached hydrogens (tertiary/aromatic N) is 2. The molecule has 2 amide bonds. The maximum atomic E-state index is 13.5. The minimum Gasteiger partial charge on any atom is -0.447 e. The Morgan fingerprint density at radius 1 is 1.17 bits per heavy atom. The molecule has 2 aliphatic heterocycles. The van der Waals surface area contributed by atoms with Gasteiger partial charge in [-0.15, -0.1) is 0 Å². The van der Waals surface area contributed by atoms with Crippen molar-refractivity contribution in [2.75, 3.05) is 44.4 Å². The highest BCUT2D eigenvalue weighted by atomic mass is 19.3. The van der Waals surface area contributed by atoms with Gasteiger partial charge in [-0.25, -0.2) is 13.6 Å². The van der Waals surface area contributed by atoms with Gasteiger partial charge in [-0.2, -0.15) is 0 Å². The molecule has 0 spiro atoms. The zero-order valence-electron chi connectivity index (χ0n) is 13.0. The van der Waals surface area contributed by atoms with Crippen molar-refractivity contribution in [2.45, 2.75) is 12.3 Å². The summed E-state index contributed by atoms with van der Waals surface area (Å²) in [6.45, 7) is -0.172. The number of amides is 2. The van der Waals surface area contributed by atoms with Crippen molar-refractivity contribution >= 4 is 17.7 Å². The Kier molecular flexibility index (Phi) is 4.66. The summed E-state index contributed by atoms with van der Waals surface area (Å²) in [6, 6.07) is 6.86. The topological polar surface area (TPSA) is 59.1 Å². The molecule has 130 valence electrons. The fourth-order valence-corrected chi connectivity index (χ4v) is 2.72. The molecular formula is C16H18F2N2O4. The molecule has 3 rings (SSSR count). The standard InChI is InChI=1S/C16H18F2N2O4/c17-16(18)10-19(5-7-23-11-16)14(21)9-12-1-3-13(4-2-12)20-6-8-24-15(20)22/h1-4H,5-11H2. The second-order valence-electron chi connectivity index (χ2n) is 5.83. The Hall–Kier alpha value is -2.22. The first kappa shape index (κ1) is 16.6. The van der Waals surface area contributed by atoms with Crippen molar-refractivity contribution in [1.29, 1.82) is 0 Å². The lowest BCUT2D eigenvalue weighted by atomic mass is 10.1. The Morgan fingerprint density at radius 2 is 1.92 bits per heavy atom. The highest BCUT2D eigenvalue weighted by molar-refractivity contribution is 5.89. The molecule has 0 aliphatic carbocycles.